The van der Waals surface area contributed by atoms with Crippen molar-refractivity contribution in [2.75, 3.05) is 25.1 Å². The van der Waals surface area contributed by atoms with Crippen LogP contribution in [0.3, 0.4) is 0 Å². The first-order valence-corrected chi connectivity index (χ1v) is 12.4. The molecule has 0 bridgehead atoms. The largest absolute Gasteiger partial charge is 0.373 e. The smallest absolute Gasteiger partial charge is 0.0872 e. The summed E-state index contributed by atoms with van der Waals surface area (Å²) < 4.78 is 6.13. The highest BCUT2D eigenvalue weighted by molar-refractivity contribution is 8.14. The van der Waals surface area contributed by atoms with Crippen molar-refractivity contribution in [1.29, 1.82) is 0 Å². The van der Waals surface area contributed by atoms with Crippen molar-refractivity contribution in [3.8, 4) is 0 Å². The Balaban J connectivity index is 2.99. The fraction of sp³-hybridized carbons (Fsp3) is 0.737. The molecule has 1 aromatic rings. The maximum atomic E-state index is 6.20. The fourth-order valence-electron chi connectivity index (χ4n) is 3.00. The van der Waals surface area contributed by atoms with Gasteiger partial charge in [-0.1, -0.05) is 38.5 Å². The van der Waals surface area contributed by atoms with E-state index in [0.717, 1.165) is 24.2 Å². The van der Waals surface area contributed by atoms with E-state index in [2.05, 4.69) is 51.7 Å². The summed E-state index contributed by atoms with van der Waals surface area (Å²) in [6.07, 6.45) is 8.62. The SMILES string of the molecule is CCCCP(=S)(CCCC)CC(OCC)c1cc(C)nc(C)c1. The Morgan fingerprint density at radius 1 is 1.04 bits per heavy atom. The second-order valence-electron chi connectivity index (χ2n) is 6.52. The van der Waals surface area contributed by atoms with Gasteiger partial charge in [0.05, 0.1) is 6.10 Å². The molecular formula is C19H34NOPS. The predicted molar refractivity (Wildman–Crippen MR) is 107 cm³/mol. The summed E-state index contributed by atoms with van der Waals surface area (Å²) in [5, 5.41) is 0. The van der Waals surface area contributed by atoms with E-state index in [1.165, 1.54) is 43.6 Å². The Bertz CT molecular complexity index is 486. The van der Waals surface area contributed by atoms with Crippen molar-refractivity contribution in [2.45, 2.75) is 66.4 Å². The van der Waals surface area contributed by atoms with Gasteiger partial charge in [0.1, 0.15) is 0 Å². The highest BCUT2D eigenvalue weighted by Gasteiger charge is 2.24. The van der Waals surface area contributed by atoms with Gasteiger partial charge in [0, 0.05) is 24.2 Å². The lowest BCUT2D eigenvalue weighted by Gasteiger charge is -2.28. The summed E-state index contributed by atoms with van der Waals surface area (Å²) in [4.78, 5) is 4.50. The van der Waals surface area contributed by atoms with Crippen LogP contribution in [0.15, 0.2) is 12.1 Å². The van der Waals surface area contributed by atoms with Crippen molar-refractivity contribution in [2.24, 2.45) is 0 Å². The lowest BCUT2D eigenvalue weighted by Crippen LogP contribution is -2.13. The van der Waals surface area contributed by atoms with Gasteiger partial charge < -0.3 is 4.74 Å². The first kappa shape index (κ1) is 20.8. The van der Waals surface area contributed by atoms with Gasteiger partial charge in [-0.25, -0.2) is 0 Å². The minimum absolute atomic E-state index is 0.139. The number of hydrogen-bond acceptors (Lipinski definition) is 3. The molecule has 1 rings (SSSR count). The molecule has 0 amide bonds. The van der Waals surface area contributed by atoms with Crippen LogP contribution in [0.25, 0.3) is 0 Å². The Labute approximate surface area is 148 Å². The Kier molecular flexibility index (Phi) is 9.58. The van der Waals surface area contributed by atoms with Crippen molar-refractivity contribution in [1.82, 2.24) is 4.98 Å². The second kappa shape index (κ2) is 10.6. The van der Waals surface area contributed by atoms with Crippen LogP contribution in [0, 0.1) is 13.8 Å². The van der Waals surface area contributed by atoms with E-state index < -0.39 is 6.04 Å². The summed E-state index contributed by atoms with van der Waals surface area (Å²) in [5.74, 6) is 0. The number of unbranched alkanes of at least 4 members (excludes halogenated alkanes) is 2. The molecule has 2 nitrogen and oxygen atoms in total. The zero-order valence-electron chi connectivity index (χ0n) is 15.6. The average Bonchev–Trinajstić information content (AvgIpc) is 2.50. The molecule has 0 spiro atoms. The molecule has 0 aromatic carbocycles. The second-order valence-corrected chi connectivity index (χ2v) is 12.2. The molecule has 1 aromatic heterocycles. The maximum absolute atomic E-state index is 6.20. The third kappa shape index (κ3) is 7.45. The van der Waals surface area contributed by atoms with Crippen molar-refractivity contribution in [3.05, 3.63) is 29.1 Å². The van der Waals surface area contributed by atoms with Gasteiger partial charge in [-0.3, -0.25) is 4.98 Å². The van der Waals surface area contributed by atoms with E-state index in [-0.39, 0.29) is 6.10 Å². The molecule has 0 saturated heterocycles. The van der Waals surface area contributed by atoms with Gasteiger partial charge in [-0.05, 0) is 69.7 Å². The number of pyridine rings is 1. The number of aromatic nitrogens is 1. The Hall–Kier alpha value is -0.240. The van der Waals surface area contributed by atoms with Crippen LogP contribution < -0.4 is 0 Å². The standard InChI is InChI=1S/C19H34NOPS/c1-6-9-11-22(23,12-10-7-2)15-19(21-8-3)18-13-16(4)20-17(5)14-18/h13-14,19H,6-12,15H2,1-5H3. The summed E-state index contributed by atoms with van der Waals surface area (Å²) in [6.45, 7) is 11.5. The van der Waals surface area contributed by atoms with Gasteiger partial charge in [0.15, 0.2) is 0 Å². The molecule has 23 heavy (non-hydrogen) atoms. The molecule has 1 heterocycles. The minimum atomic E-state index is -1.35. The van der Waals surface area contributed by atoms with Gasteiger partial charge >= 0.3 is 0 Å². The van der Waals surface area contributed by atoms with Crippen LogP contribution in [0.4, 0.5) is 0 Å². The summed E-state index contributed by atoms with van der Waals surface area (Å²) in [6, 6.07) is 3.00. The highest BCUT2D eigenvalue weighted by atomic mass is 32.4. The maximum Gasteiger partial charge on any atom is 0.0872 e. The molecular weight excluding hydrogens is 321 g/mol. The average molecular weight is 356 g/mol. The topological polar surface area (TPSA) is 22.1 Å². The van der Waals surface area contributed by atoms with Gasteiger partial charge in [0.25, 0.3) is 0 Å². The number of aryl methyl sites for hydroxylation is 2. The van der Waals surface area contributed by atoms with E-state index in [4.69, 9.17) is 16.5 Å². The molecule has 0 fully saturated rings. The van der Waals surface area contributed by atoms with E-state index in [9.17, 15) is 0 Å². The molecule has 0 aliphatic carbocycles. The molecule has 1 atom stereocenters. The summed E-state index contributed by atoms with van der Waals surface area (Å²) in [5.41, 5.74) is 3.40. The first-order valence-electron chi connectivity index (χ1n) is 9.08. The molecule has 0 aliphatic rings. The third-order valence-corrected chi connectivity index (χ3v) is 8.98. The van der Waals surface area contributed by atoms with Gasteiger partial charge in [-0.15, -0.1) is 0 Å². The highest BCUT2D eigenvalue weighted by Crippen LogP contribution is 2.51. The Morgan fingerprint density at radius 2 is 1.57 bits per heavy atom. The fourth-order valence-corrected chi connectivity index (χ4v) is 7.47. The van der Waals surface area contributed by atoms with E-state index in [1.54, 1.807) is 0 Å². The number of hydrogen-bond donors (Lipinski definition) is 0. The van der Waals surface area contributed by atoms with Crippen LogP contribution in [0.1, 0.15) is 69.5 Å². The van der Waals surface area contributed by atoms with Crippen molar-refractivity contribution >= 4 is 17.8 Å². The summed E-state index contributed by atoms with van der Waals surface area (Å²) in [7, 11) is 0. The first-order chi connectivity index (χ1) is 10.9. The Morgan fingerprint density at radius 3 is 2.00 bits per heavy atom. The van der Waals surface area contributed by atoms with Gasteiger partial charge in [0.2, 0.25) is 0 Å². The lowest BCUT2D eigenvalue weighted by atomic mass is 10.1. The van der Waals surface area contributed by atoms with Crippen LogP contribution in [0.2, 0.25) is 0 Å². The van der Waals surface area contributed by atoms with Crippen LogP contribution in [-0.2, 0) is 16.5 Å². The number of rotatable bonds is 11. The van der Waals surface area contributed by atoms with E-state index >= 15 is 0 Å². The van der Waals surface area contributed by atoms with Gasteiger partial charge in [-0.2, -0.15) is 0 Å². The van der Waals surface area contributed by atoms with Crippen LogP contribution in [-0.4, -0.2) is 30.1 Å². The number of nitrogens with zero attached hydrogens (tertiary/aromatic N) is 1. The molecule has 1 unspecified atom stereocenters. The number of ether oxygens (including phenoxy) is 1. The molecule has 0 saturated carbocycles. The summed E-state index contributed by atoms with van der Waals surface area (Å²) >= 11 is 6.20. The van der Waals surface area contributed by atoms with E-state index in [0.29, 0.717) is 0 Å². The monoisotopic (exact) mass is 355 g/mol. The predicted octanol–water partition coefficient (Wildman–Crippen LogP) is 5.86. The normalized spacial score (nSPS) is 13.3. The van der Waals surface area contributed by atoms with Crippen LogP contribution in [0.5, 0.6) is 0 Å². The molecule has 0 radical (unpaired) electrons. The lowest BCUT2D eigenvalue weighted by molar-refractivity contribution is 0.0788. The molecule has 0 N–H and O–H groups in total. The van der Waals surface area contributed by atoms with Crippen LogP contribution >= 0.6 is 6.04 Å². The molecule has 0 aliphatic heterocycles. The zero-order valence-corrected chi connectivity index (χ0v) is 17.3. The third-order valence-electron chi connectivity index (χ3n) is 4.18. The zero-order chi connectivity index (χ0) is 17.3. The quantitative estimate of drug-likeness (QED) is 0.464. The van der Waals surface area contributed by atoms with Crippen molar-refractivity contribution < 1.29 is 4.74 Å². The van der Waals surface area contributed by atoms with Crippen molar-refractivity contribution in [3.63, 3.8) is 0 Å². The molecule has 4 heteroatoms. The van der Waals surface area contributed by atoms with E-state index in [1.807, 2.05) is 0 Å². The minimum Gasteiger partial charge on any atom is -0.373 e. The molecule has 132 valence electrons.